The molecule has 5 fully saturated rings. The Morgan fingerprint density at radius 2 is 0.0423 bits per heavy atom. The Morgan fingerprint density at radius 3 is 0.0563 bits per heavy atom. The van der Waals surface area contributed by atoms with Crippen molar-refractivity contribution in [3.8, 4) is 0 Å². The van der Waals surface area contributed by atoms with Crippen molar-refractivity contribution in [1.82, 2.24) is 0 Å². The van der Waals surface area contributed by atoms with Gasteiger partial charge in [-0.15, -0.1) is 0 Å². The lowest BCUT2D eigenvalue weighted by Gasteiger charge is -2.05. The van der Waals surface area contributed by atoms with Gasteiger partial charge in [0.15, 0.2) is 0 Å². The third kappa shape index (κ3) is 64.2. The molecular formula is C71H142. The Hall–Kier alpha value is 0. The van der Waals surface area contributed by atoms with Gasteiger partial charge in [-0.3, -0.25) is 0 Å². The summed E-state index contributed by atoms with van der Waals surface area (Å²) in [6.07, 6.45) is 106. The Balaban J connectivity index is 0.000000447. The average Bonchev–Trinajstić information content (AvgIpc) is 3.39. The predicted molar refractivity (Wildman–Crippen MR) is 328 cm³/mol. The van der Waals surface area contributed by atoms with Gasteiger partial charge in [-0.1, -0.05) is 456 Å². The van der Waals surface area contributed by atoms with Crippen molar-refractivity contribution < 1.29 is 0 Å². The van der Waals surface area contributed by atoms with Crippen LogP contribution in [-0.2, 0) is 0 Å². The lowest BCUT2D eigenvalue weighted by Crippen LogP contribution is -1.85. The molecule has 0 radical (unpaired) electrons. The first-order valence-electron chi connectivity index (χ1n) is 35.5. The van der Waals surface area contributed by atoms with Crippen LogP contribution in [0, 0.1) is 0 Å². The largest absolute Gasteiger partial charge is 0.0533 e. The molecule has 0 aliphatic heterocycles. The summed E-state index contributed by atoms with van der Waals surface area (Å²) in [5, 5.41) is 0. The Morgan fingerprint density at radius 1 is 0.0282 bits per heavy atom. The molecule has 0 bridgehead atoms. The monoisotopic (exact) mass is 995 g/mol. The van der Waals surface area contributed by atoms with Gasteiger partial charge in [-0.25, -0.2) is 0 Å². The minimum absolute atomic E-state index is 1.50. The van der Waals surface area contributed by atoms with Crippen LogP contribution >= 0.6 is 0 Å². The Bertz CT molecular complexity index is 576. The van der Waals surface area contributed by atoms with E-state index in [9.17, 15) is 0 Å². The van der Waals surface area contributed by atoms with E-state index in [-0.39, 0.29) is 0 Å². The molecule has 0 aromatic heterocycles. The summed E-state index contributed by atoms with van der Waals surface area (Å²) in [7, 11) is 0. The van der Waals surface area contributed by atoms with E-state index in [2.05, 4.69) is 0 Å². The third-order valence-electron chi connectivity index (χ3n) is 17.7. The van der Waals surface area contributed by atoms with Crippen molar-refractivity contribution in [2.75, 3.05) is 0 Å². The molecule has 0 heterocycles. The second kappa shape index (κ2) is 66.1. The van der Waals surface area contributed by atoms with Gasteiger partial charge in [0.05, 0.1) is 0 Å². The van der Waals surface area contributed by atoms with E-state index in [4.69, 9.17) is 0 Å². The molecule has 426 valence electrons. The zero-order valence-electron chi connectivity index (χ0n) is 50.2. The maximum atomic E-state index is 1.50. The zero-order chi connectivity index (χ0) is 50.2. The minimum Gasteiger partial charge on any atom is -0.0533 e. The molecule has 0 aromatic rings. The Labute approximate surface area is 453 Å². The smallest absolute Gasteiger partial charge is 0.0533 e. The molecule has 5 aliphatic rings. The van der Waals surface area contributed by atoms with E-state index in [1.807, 2.05) is 0 Å². The van der Waals surface area contributed by atoms with Crippen molar-refractivity contribution >= 4 is 0 Å². The van der Waals surface area contributed by atoms with Crippen LogP contribution in [-0.4, -0.2) is 0 Å². The van der Waals surface area contributed by atoms with E-state index < -0.39 is 0 Å². The summed E-state index contributed by atoms with van der Waals surface area (Å²) >= 11 is 0. The van der Waals surface area contributed by atoms with Crippen LogP contribution in [0.1, 0.15) is 456 Å². The van der Waals surface area contributed by atoms with Crippen LogP contribution in [0.2, 0.25) is 0 Å². The molecule has 0 heteroatoms. The minimum atomic E-state index is 1.50. The molecule has 0 aromatic carbocycles. The molecule has 71 heavy (non-hydrogen) atoms. The Kier molecular flexibility index (Phi) is 64.3. The summed E-state index contributed by atoms with van der Waals surface area (Å²) in [4.78, 5) is 0. The second-order valence-corrected chi connectivity index (χ2v) is 25.1. The lowest BCUT2D eigenvalue weighted by molar-refractivity contribution is 0.504. The van der Waals surface area contributed by atoms with Crippen molar-refractivity contribution in [1.29, 1.82) is 0 Å². The van der Waals surface area contributed by atoms with Crippen LogP contribution < -0.4 is 0 Å². The number of hydrogen-bond donors (Lipinski definition) is 0. The van der Waals surface area contributed by atoms with Crippen LogP contribution in [0.25, 0.3) is 0 Å². The van der Waals surface area contributed by atoms with Crippen molar-refractivity contribution in [3.05, 3.63) is 0 Å². The molecule has 5 saturated carbocycles. The van der Waals surface area contributed by atoms with Gasteiger partial charge in [0.1, 0.15) is 0 Å². The number of hydrogen-bond acceptors (Lipinski definition) is 0. The van der Waals surface area contributed by atoms with Gasteiger partial charge in [0.25, 0.3) is 0 Å². The quantitative estimate of drug-likeness (QED) is 0.227. The van der Waals surface area contributed by atoms with E-state index in [1.165, 1.54) is 456 Å². The molecule has 0 spiro atoms. The van der Waals surface area contributed by atoms with Crippen LogP contribution in [0.4, 0.5) is 0 Å². The first kappa shape index (κ1) is 69.0. The SMILES string of the molecule is C1CCCCCCCCCCC1.C1CCCCCCCCCCC1.C1CCCCCCCCCCCCC1.C1CCCCCCCCCCCCCC1.C1CCCCCCCCCCCCCCCCC1. The second-order valence-electron chi connectivity index (χ2n) is 25.1. The molecular weight excluding hydrogens is 853 g/mol. The van der Waals surface area contributed by atoms with E-state index >= 15 is 0 Å². The summed E-state index contributed by atoms with van der Waals surface area (Å²) in [6.45, 7) is 0. The fraction of sp³-hybridized carbons (Fsp3) is 1.00. The summed E-state index contributed by atoms with van der Waals surface area (Å²) in [6, 6.07) is 0. The molecule has 5 aliphatic carbocycles. The predicted octanol–water partition coefficient (Wildman–Crippen LogP) is 27.7. The van der Waals surface area contributed by atoms with Gasteiger partial charge < -0.3 is 0 Å². The van der Waals surface area contributed by atoms with E-state index in [0.717, 1.165) is 0 Å². The number of rotatable bonds is 0. The highest BCUT2D eigenvalue weighted by Crippen LogP contribution is 2.21. The molecule has 0 amide bonds. The summed E-state index contributed by atoms with van der Waals surface area (Å²) < 4.78 is 0. The van der Waals surface area contributed by atoms with Gasteiger partial charge in [-0.05, 0) is 0 Å². The standard InChI is InChI=1S/C18H36.C15H30.C14H28.2C12H24/c1-2-4-6-8-10-12-14-16-18-17-15-13-11-9-7-5-3-1;1-2-4-6-8-10-12-14-15-13-11-9-7-5-3-1;1-2-4-6-8-10-12-14-13-11-9-7-5-3-1;2*1-2-4-6-8-10-12-11-9-7-5-3-1/h1-18H2;1-15H2;1-14H2;2*1-12H2. The first-order chi connectivity index (χ1) is 35.5. The van der Waals surface area contributed by atoms with E-state index in [0.29, 0.717) is 0 Å². The molecule has 5 rings (SSSR count). The zero-order valence-corrected chi connectivity index (χ0v) is 50.2. The average molecular weight is 996 g/mol. The van der Waals surface area contributed by atoms with Crippen LogP contribution in [0.5, 0.6) is 0 Å². The molecule has 0 N–H and O–H groups in total. The van der Waals surface area contributed by atoms with Gasteiger partial charge in [0.2, 0.25) is 0 Å². The van der Waals surface area contributed by atoms with E-state index in [1.54, 1.807) is 0 Å². The third-order valence-corrected chi connectivity index (χ3v) is 17.7. The molecule has 0 saturated heterocycles. The van der Waals surface area contributed by atoms with Crippen molar-refractivity contribution in [3.63, 3.8) is 0 Å². The topological polar surface area (TPSA) is 0 Å². The molecule has 0 unspecified atom stereocenters. The fourth-order valence-electron chi connectivity index (χ4n) is 12.6. The maximum Gasteiger partial charge on any atom is -0.0533 e. The lowest BCUT2D eigenvalue weighted by atomic mass is 10.0. The van der Waals surface area contributed by atoms with Gasteiger partial charge in [-0.2, -0.15) is 0 Å². The summed E-state index contributed by atoms with van der Waals surface area (Å²) in [5.74, 6) is 0. The van der Waals surface area contributed by atoms with Crippen LogP contribution in [0.3, 0.4) is 0 Å². The normalized spacial score (nSPS) is 24.0. The maximum absolute atomic E-state index is 1.50. The van der Waals surface area contributed by atoms with Crippen molar-refractivity contribution in [2.24, 2.45) is 0 Å². The highest BCUT2D eigenvalue weighted by molar-refractivity contribution is 4.57. The van der Waals surface area contributed by atoms with Gasteiger partial charge >= 0.3 is 0 Å². The molecule has 0 atom stereocenters. The van der Waals surface area contributed by atoms with Crippen molar-refractivity contribution in [2.45, 2.75) is 456 Å². The fourth-order valence-corrected chi connectivity index (χ4v) is 12.6. The summed E-state index contributed by atoms with van der Waals surface area (Å²) in [5.41, 5.74) is 0. The van der Waals surface area contributed by atoms with Crippen LogP contribution in [0.15, 0.2) is 0 Å². The highest BCUT2D eigenvalue weighted by Gasteiger charge is 2.01. The molecule has 0 nitrogen and oxygen atoms in total. The first-order valence-corrected chi connectivity index (χ1v) is 35.5. The van der Waals surface area contributed by atoms with Gasteiger partial charge in [0, 0.05) is 0 Å². The highest BCUT2D eigenvalue weighted by atomic mass is 14.1.